The Morgan fingerprint density at radius 1 is 0.966 bits per heavy atom. The smallest absolute Gasteiger partial charge is 0.305 e. The molecule has 0 radical (unpaired) electrons. The zero-order chi connectivity index (χ0) is 21.0. The number of fused-ring (bicyclic) bond motifs is 5. The first-order valence-electron chi connectivity index (χ1n) is 12.2. The molecule has 4 nitrogen and oxygen atoms in total. The summed E-state index contributed by atoms with van der Waals surface area (Å²) in [4.78, 5) is 11.6. The molecule has 4 aliphatic rings. The second kappa shape index (κ2) is 7.82. The molecule has 0 unspecified atom stereocenters. The van der Waals surface area contributed by atoms with E-state index in [4.69, 9.17) is 4.74 Å². The first-order valence-corrected chi connectivity index (χ1v) is 12.2. The molecule has 0 heterocycles. The highest BCUT2D eigenvalue weighted by molar-refractivity contribution is 5.69. The Bertz CT molecular complexity index is 620. The molecule has 10 atom stereocenters. The summed E-state index contributed by atoms with van der Waals surface area (Å²) >= 11 is 0. The minimum atomic E-state index is -0.565. The van der Waals surface area contributed by atoms with E-state index < -0.39 is 12.2 Å². The fourth-order valence-electron chi connectivity index (χ4n) is 8.94. The molecule has 0 aromatic carbocycles. The zero-order valence-corrected chi connectivity index (χ0v) is 18.9. The average Bonchev–Trinajstić information content (AvgIpc) is 3.06. The summed E-state index contributed by atoms with van der Waals surface area (Å²) in [5.41, 5.74) is 0.409. The molecule has 4 fully saturated rings. The molecule has 0 spiro atoms. The Labute approximate surface area is 176 Å². The fraction of sp³-hybridized carbons (Fsp3) is 0.960. The van der Waals surface area contributed by atoms with Crippen LogP contribution in [0.1, 0.15) is 85.0 Å². The fourth-order valence-corrected chi connectivity index (χ4v) is 8.94. The van der Waals surface area contributed by atoms with E-state index in [1.165, 1.54) is 45.6 Å². The first kappa shape index (κ1) is 21.6. The van der Waals surface area contributed by atoms with Gasteiger partial charge in [0.2, 0.25) is 0 Å². The number of methoxy groups -OCH3 is 1. The molecule has 0 aromatic heterocycles. The van der Waals surface area contributed by atoms with Gasteiger partial charge in [0.25, 0.3) is 0 Å². The Kier molecular flexibility index (Phi) is 5.83. The minimum Gasteiger partial charge on any atom is -0.469 e. The molecular formula is C25H42O4. The monoisotopic (exact) mass is 406 g/mol. The van der Waals surface area contributed by atoms with Crippen LogP contribution in [0.4, 0.5) is 0 Å². The maximum atomic E-state index is 11.6. The van der Waals surface area contributed by atoms with Gasteiger partial charge in [-0.2, -0.15) is 0 Å². The summed E-state index contributed by atoms with van der Waals surface area (Å²) in [6, 6.07) is 0. The normalized spacial score (nSPS) is 50.2. The van der Waals surface area contributed by atoms with Crippen LogP contribution in [0.2, 0.25) is 0 Å². The van der Waals surface area contributed by atoms with Crippen LogP contribution < -0.4 is 0 Å². The van der Waals surface area contributed by atoms with E-state index >= 15 is 0 Å². The summed E-state index contributed by atoms with van der Waals surface area (Å²) < 4.78 is 4.85. The van der Waals surface area contributed by atoms with E-state index in [-0.39, 0.29) is 28.6 Å². The van der Waals surface area contributed by atoms with Crippen LogP contribution in [0.15, 0.2) is 0 Å². The molecule has 4 saturated carbocycles. The Morgan fingerprint density at radius 2 is 1.69 bits per heavy atom. The largest absolute Gasteiger partial charge is 0.469 e. The zero-order valence-electron chi connectivity index (χ0n) is 18.9. The van der Waals surface area contributed by atoms with Gasteiger partial charge in [-0.1, -0.05) is 33.6 Å². The van der Waals surface area contributed by atoms with Gasteiger partial charge in [0.15, 0.2) is 0 Å². The van der Waals surface area contributed by atoms with Crippen molar-refractivity contribution in [2.24, 2.45) is 46.3 Å². The molecular weight excluding hydrogens is 364 g/mol. The third-order valence-corrected chi connectivity index (χ3v) is 10.5. The lowest BCUT2D eigenvalue weighted by Gasteiger charge is -2.63. The number of carbonyl (C=O) groups is 1. The van der Waals surface area contributed by atoms with Crippen molar-refractivity contribution in [3.8, 4) is 0 Å². The number of aliphatic hydroxyl groups excluding tert-OH is 2. The number of rotatable bonds is 4. The quantitative estimate of drug-likeness (QED) is 0.671. The molecule has 0 bridgehead atoms. The molecule has 4 aliphatic carbocycles. The van der Waals surface area contributed by atoms with E-state index in [2.05, 4.69) is 20.8 Å². The predicted molar refractivity (Wildman–Crippen MR) is 113 cm³/mol. The van der Waals surface area contributed by atoms with E-state index in [1.54, 1.807) is 0 Å². The van der Waals surface area contributed by atoms with Crippen molar-refractivity contribution in [3.05, 3.63) is 0 Å². The van der Waals surface area contributed by atoms with Gasteiger partial charge in [-0.15, -0.1) is 0 Å². The molecule has 4 rings (SSSR count). The summed E-state index contributed by atoms with van der Waals surface area (Å²) in [5.74, 6) is 2.53. The predicted octanol–water partition coefficient (Wildman–Crippen LogP) is 4.57. The molecule has 0 aromatic rings. The maximum absolute atomic E-state index is 11.6. The van der Waals surface area contributed by atoms with Gasteiger partial charge in [-0.3, -0.25) is 4.79 Å². The van der Waals surface area contributed by atoms with Crippen LogP contribution in [0.25, 0.3) is 0 Å². The molecule has 29 heavy (non-hydrogen) atoms. The third kappa shape index (κ3) is 3.28. The van der Waals surface area contributed by atoms with Crippen molar-refractivity contribution >= 4 is 5.97 Å². The molecule has 0 saturated heterocycles. The van der Waals surface area contributed by atoms with Gasteiger partial charge >= 0.3 is 5.97 Å². The third-order valence-electron chi connectivity index (χ3n) is 10.5. The lowest BCUT2D eigenvalue weighted by atomic mass is 9.43. The lowest BCUT2D eigenvalue weighted by molar-refractivity contribution is -0.215. The lowest BCUT2D eigenvalue weighted by Crippen LogP contribution is -2.63. The summed E-state index contributed by atoms with van der Waals surface area (Å²) in [7, 11) is 1.47. The summed E-state index contributed by atoms with van der Waals surface area (Å²) in [6.07, 6.45) is 9.80. The maximum Gasteiger partial charge on any atom is 0.305 e. The minimum absolute atomic E-state index is 0.109. The first-order chi connectivity index (χ1) is 13.7. The van der Waals surface area contributed by atoms with Crippen LogP contribution in [0.3, 0.4) is 0 Å². The number of carbonyl (C=O) groups excluding carboxylic acids is 1. The van der Waals surface area contributed by atoms with Crippen molar-refractivity contribution < 1.29 is 19.7 Å². The van der Waals surface area contributed by atoms with E-state index in [9.17, 15) is 15.0 Å². The van der Waals surface area contributed by atoms with Crippen LogP contribution in [0.5, 0.6) is 0 Å². The Balaban J connectivity index is 1.56. The van der Waals surface area contributed by atoms with Gasteiger partial charge in [0.1, 0.15) is 0 Å². The SMILES string of the molecule is COC(=O)CC[C@H](C)[C@H]1CC[C@H]2[C@H]3[C@@H](O)[C@@H](O)[C@@H]4CCCC[C@]4(C)[C@H]3CC[C@]12C. The highest BCUT2D eigenvalue weighted by Gasteiger charge is 2.64. The molecule has 166 valence electrons. The van der Waals surface area contributed by atoms with Gasteiger partial charge < -0.3 is 14.9 Å². The van der Waals surface area contributed by atoms with Crippen molar-refractivity contribution in [1.29, 1.82) is 0 Å². The topological polar surface area (TPSA) is 66.8 Å². The van der Waals surface area contributed by atoms with Crippen LogP contribution in [0, 0.1) is 46.3 Å². The van der Waals surface area contributed by atoms with Gasteiger partial charge in [0, 0.05) is 6.42 Å². The van der Waals surface area contributed by atoms with Crippen molar-refractivity contribution in [3.63, 3.8) is 0 Å². The summed E-state index contributed by atoms with van der Waals surface area (Å²) in [6.45, 7) is 7.18. The number of aliphatic hydroxyl groups is 2. The highest BCUT2D eigenvalue weighted by Crippen LogP contribution is 2.68. The van der Waals surface area contributed by atoms with Crippen molar-refractivity contribution in [2.75, 3.05) is 7.11 Å². The average molecular weight is 407 g/mol. The molecule has 2 N–H and O–H groups in total. The second-order valence-electron chi connectivity index (χ2n) is 11.5. The Hall–Kier alpha value is -0.610. The number of ether oxygens (including phenoxy) is 1. The van der Waals surface area contributed by atoms with E-state index in [1.807, 2.05) is 0 Å². The number of esters is 1. The van der Waals surface area contributed by atoms with Gasteiger partial charge in [-0.25, -0.2) is 0 Å². The molecule has 0 aliphatic heterocycles. The van der Waals surface area contributed by atoms with Crippen molar-refractivity contribution in [2.45, 2.75) is 97.2 Å². The second-order valence-corrected chi connectivity index (χ2v) is 11.5. The standard InChI is InChI=1S/C25H42O4/c1-15(8-11-20(26)29-4)16-9-10-17-21-18(12-14-25(16,17)3)24(2)13-6-5-7-19(24)22(27)23(21)28/h15-19,21-23,27-28H,5-14H2,1-4H3/t15-,16+,17-,18-,19-,21+,22-,23+,24+,25+/m0/s1. The number of hydrogen-bond acceptors (Lipinski definition) is 4. The molecule has 0 amide bonds. The molecule has 4 heteroatoms. The Morgan fingerprint density at radius 3 is 2.41 bits per heavy atom. The summed E-state index contributed by atoms with van der Waals surface area (Å²) in [5, 5.41) is 22.4. The van der Waals surface area contributed by atoms with Crippen LogP contribution >= 0.6 is 0 Å². The van der Waals surface area contributed by atoms with Gasteiger partial charge in [-0.05, 0) is 91.3 Å². The van der Waals surface area contributed by atoms with Crippen molar-refractivity contribution in [1.82, 2.24) is 0 Å². The van der Waals surface area contributed by atoms with Gasteiger partial charge in [0.05, 0.1) is 19.3 Å². The van der Waals surface area contributed by atoms with Crippen LogP contribution in [-0.4, -0.2) is 35.5 Å². The van der Waals surface area contributed by atoms with E-state index in [0.29, 0.717) is 30.1 Å². The number of hydrogen-bond donors (Lipinski definition) is 2. The van der Waals surface area contributed by atoms with E-state index in [0.717, 1.165) is 19.3 Å². The highest BCUT2D eigenvalue weighted by atomic mass is 16.5. The van der Waals surface area contributed by atoms with Crippen LogP contribution in [-0.2, 0) is 9.53 Å².